The molecule has 0 unspecified atom stereocenters. The largest absolute Gasteiger partial charge is 0.497 e. The summed E-state index contributed by atoms with van der Waals surface area (Å²) in [5.41, 5.74) is 9.33. The molecule has 0 aliphatic carbocycles. The van der Waals surface area contributed by atoms with Crippen molar-refractivity contribution >= 4 is 18.2 Å². The van der Waals surface area contributed by atoms with Gasteiger partial charge in [-0.3, -0.25) is 9.79 Å². The number of amidine groups is 1. The normalized spacial score (nSPS) is 10.9. The van der Waals surface area contributed by atoms with Gasteiger partial charge in [-0.25, -0.2) is 0 Å². The standard InChI is InChI=1S/C21H21N3O2.ClH/c1-26-18-9-7-16(8-10-18)14-24-20(22)19-17(11-12-23-21(19)25)13-15-5-3-2-4-6-15;/h2-12H,13-14H2,1H3,(H2,22,24)(H,23,25);1H. The Morgan fingerprint density at radius 3 is 2.41 bits per heavy atom. The first-order valence-corrected chi connectivity index (χ1v) is 8.35. The van der Waals surface area contributed by atoms with Crippen molar-refractivity contribution < 1.29 is 4.74 Å². The molecule has 0 aliphatic rings. The number of aromatic nitrogens is 1. The van der Waals surface area contributed by atoms with E-state index in [9.17, 15) is 4.79 Å². The van der Waals surface area contributed by atoms with E-state index in [0.717, 1.165) is 22.4 Å². The molecule has 5 nitrogen and oxygen atoms in total. The second-order valence-electron chi connectivity index (χ2n) is 5.92. The van der Waals surface area contributed by atoms with Crippen molar-refractivity contribution in [3.8, 4) is 5.75 Å². The van der Waals surface area contributed by atoms with Crippen LogP contribution < -0.4 is 16.0 Å². The molecule has 0 spiro atoms. The molecule has 0 atom stereocenters. The van der Waals surface area contributed by atoms with Crippen molar-refractivity contribution in [1.82, 2.24) is 4.98 Å². The molecule has 0 saturated heterocycles. The van der Waals surface area contributed by atoms with Gasteiger partial charge in [-0.15, -0.1) is 12.4 Å². The molecule has 3 rings (SSSR count). The molecule has 0 amide bonds. The Morgan fingerprint density at radius 1 is 1.04 bits per heavy atom. The summed E-state index contributed by atoms with van der Waals surface area (Å²) < 4.78 is 5.15. The first kappa shape index (κ1) is 20.3. The number of benzene rings is 2. The zero-order chi connectivity index (χ0) is 18.4. The number of nitrogens with two attached hydrogens (primary N) is 1. The Morgan fingerprint density at radius 2 is 1.74 bits per heavy atom. The highest BCUT2D eigenvalue weighted by molar-refractivity contribution is 5.98. The van der Waals surface area contributed by atoms with E-state index in [1.165, 1.54) is 0 Å². The Hall–Kier alpha value is -3.05. The van der Waals surface area contributed by atoms with Crippen molar-refractivity contribution in [1.29, 1.82) is 0 Å². The van der Waals surface area contributed by atoms with Gasteiger partial charge in [0.15, 0.2) is 0 Å². The van der Waals surface area contributed by atoms with Crippen molar-refractivity contribution in [2.75, 3.05) is 7.11 Å². The Labute approximate surface area is 164 Å². The van der Waals surface area contributed by atoms with Gasteiger partial charge in [-0.05, 0) is 41.3 Å². The zero-order valence-electron chi connectivity index (χ0n) is 15.0. The maximum Gasteiger partial charge on any atom is 0.259 e. The van der Waals surface area contributed by atoms with Gasteiger partial charge < -0.3 is 15.5 Å². The van der Waals surface area contributed by atoms with Crippen molar-refractivity contribution in [3.05, 3.63) is 99.5 Å². The lowest BCUT2D eigenvalue weighted by Gasteiger charge is -2.09. The van der Waals surface area contributed by atoms with Crippen LogP contribution in [0.5, 0.6) is 5.75 Å². The number of aliphatic imine (C=N–C) groups is 1. The minimum absolute atomic E-state index is 0. The molecule has 140 valence electrons. The Bertz CT molecular complexity index is 951. The summed E-state index contributed by atoms with van der Waals surface area (Å²) >= 11 is 0. The van der Waals surface area contributed by atoms with Gasteiger partial charge in [-0.1, -0.05) is 42.5 Å². The van der Waals surface area contributed by atoms with Crippen molar-refractivity contribution in [3.63, 3.8) is 0 Å². The monoisotopic (exact) mass is 383 g/mol. The molecule has 6 heteroatoms. The van der Waals surface area contributed by atoms with E-state index in [-0.39, 0.29) is 23.8 Å². The van der Waals surface area contributed by atoms with Crippen LogP contribution in [0.2, 0.25) is 0 Å². The Balaban J connectivity index is 0.00000261. The highest BCUT2D eigenvalue weighted by atomic mass is 35.5. The third-order valence-corrected chi connectivity index (χ3v) is 4.13. The molecule has 0 radical (unpaired) electrons. The van der Waals surface area contributed by atoms with Crippen LogP contribution in [0, 0.1) is 0 Å². The summed E-state index contributed by atoms with van der Waals surface area (Å²) in [5, 5.41) is 0. The molecular weight excluding hydrogens is 362 g/mol. The molecule has 0 bridgehead atoms. The van der Waals surface area contributed by atoms with E-state index in [2.05, 4.69) is 9.98 Å². The smallest absolute Gasteiger partial charge is 0.259 e. The number of halogens is 1. The SMILES string of the molecule is COc1ccc(CN=C(N)c2c(Cc3ccccc3)cc[nH]c2=O)cc1.Cl. The lowest BCUT2D eigenvalue weighted by molar-refractivity contribution is 0.414. The number of nitrogens with one attached hydrogen (secondary N) is 1. The Kier molecular flexibility index (Phi) is 7.20. The van der Waals surface area contributed by atoms with Gasteiger partial charge >= 0.3 is 0 Å². The fourth-order valence-electron chi connectivity index (χ4n) is 2.75. The minimum atomic E-state index is -0.227. The third kappa shape index (κ3) is 5.21. The number of pyridine rings is 1. The highest BCUT2D eigenvalue weighted by Gasteiger charge is 2.11. The molecule has 3 N–H and O–H groups in total. The quantitative estimate of drug-likeness (QED) is 0.506. The maximum absolute atomic E-state index is 12.3. The van der Waals surface area contributed by atoms with Gasteiger partial charge in [-0.2, -0.15) is 0 Å². The van der Waals surface area contributed by atoms with Gasteiger partial charge in [0.1, 0.15) is 11.6 Å². The number of nitrogens with zero attached hydrogens (tertiary/aromatic N) is 1. The zero-order valence-corrected chi connectivity index (χ0v) is 15.8. The molecule has 1 heterocycles. The van der Waals surface area contributed by atoms with Gasteiger partial charge in [0.25, 0.3) is 5.56 Å². The summed E-state index contributed by atoms with van der Waals surface area (Å²) in [6.07, 6.45) is 2.26. The van der Waals surface area contributed by atoms with E-state index in [1.54, 1.807) is 13.3 Å². The molecule has 1 aromatic heterocycles. The molecule has 27 heavy (non-hydrogen) atoms. The molecule has 0 fully saturated rings. The van der Waals surface area contributed by atoms with E-state index < -0.39 is 0 Å². The predicted molar refractivity (Wildman–Crippen MR) is 111 cm³/mol. The fraction of sp³-hybridized carbons (Fsp3) is 0.143. The van der Waals surface area contributed by atoms with Crippen LogP contribution in [0.3, 0.4) is 0 Å². The van der Waals surface area contributed by atoms with Gasteiger partial charge in [0, 0.05) is 6.20 Å². The van der Waals surface area contributed by atoms with E-state index in [0.29, 0.717) is 18.5 Å². The second-order valence-corrected chi connectivity index (χ2v) is 5.92. The average molecular weight is 384 g/mol. The third-order valence-electron chi connectivity index (χ3n) is 4.13. The summed E-state index contributed by atoms with van der Waals surface area (Å²) in [6.45, 7) is 0.398. The second kappa shape index (κ2) is 9.59. The number of methoxy groups -OCH3 is 1. The van der Waals surface area contributed by atoms with Crippen LogP contribution in [-0.4, -0.2) is 17.9 Å². The number of aromatic amines is 1. The summed E-state index contributed by atoms with van der Waals surface area (Å²) in [4.78, 5) is 19.4. The van der Waals surface area contributed by atoms with Crippen LogP contribution >= 0.6 is 12.4 Å². The molecule has 3 aromatic rings. The topological polar surface area (TPSA) is 80.5 Å². The van der Waals surface area contributed by atoms with Crippen LogP contribution in [0.25, 0.3) is 0 Å². The number of ether oxygens (including phenoxy) is 1. The summed E-state index contributed by atoms with van der Waals surface area (Å²) in [7, 11) is 1.63. The first-order chi connectivity index (χ1) is 12.7. The number of hydrogen-bond acceptors (Lipinski definition) is 3. The van der Waals surface area contributed by atoms with Crippen molar-refractivity contribution in [2.45, 2.75) is 13.0 Å². The van der Waals surface area contributed by atoms with E-state index >= 15 is 0 Å². The number of H-pyrrole nitrogens is 1. The maximum atomic E-state index is 12.3. The molecule has 0 aliphatic heterocycles. The molecule has 2 aromatic carbocycles. The van der Waals surface area contributed by atoms with Gasteiger partial charge in [0.2, 0.25) is 0 Å². The molecular formula is C21H22ClN3O2. The van der Waals surface area contributed by atoms with Crippen LogP contribution in [0.15, 0.2) is 76.6 Å². The van der Waals surface area contributed by atoms with Gasteiger partial charge in [0.05, 0.1) is 19.2 Å². The summed E-state index contributed by atoms with van der Waals surface area (Å²) in [5.74, 6) is 1.03. The first-order valence-electron chi connectivity index (χ1n) is 8.35. The number of hydrogen-bond donors (Lipinski definition) is 2. The number of rotatable bonds is 6. The van der Waals surface area contributed by atoms with E-state index in [1.807, 2.05) is 60.7 Å². The predicted octanol–water partition coefficient (Wildman–Crippen LogP) is 3.30. The highest BCUT2D eigenvalue weighted by Crippen LogP contribution is 2.14. The van der Waals surface area contributed by atoms with Crippen LogP contribution in [0.1, 0.15) is 22.3 Å². The van der Waals surface area contributed by atoms with Crippen molar-refractivity contribution in [2.24, 2.45) is 10.7 Å². The van der Waals surface area contributed by atoms with Crippen LogP contribution in [0.4, 0.5) is 0 Å². The van der Waals surface area contributed by atoms with E-state index in [4.69, 9.17) is 10.5 Å². The lowest BCUT2D eigenvalue weighted by atomic mass is 10.0. The minimum Gasteiger partial charge on any atom is -0.497 e. The average Bonchev–Trinajstić information content (AvgIpc) is 2.67. The lowest BCUT2D eigenvalue weighted by Crippen LogP contribution is -2.27. The summed E-state index contributed by atoms with van der Waals surface area (Å²) in [6, 6.07) is 19.4. The van der Waals surface area contributed by atoms with Crippen LogP contribution in [-0.2, 0) is 13.0 Å². The molecule has 0 saturated carbocycles. The fourth-order valence-corrected chi connectivity index (χ4v) is 2.75.